The van der Waals surface area contributed by atoms with Crippen LogP contribution in [0.5, 0.6) is 0 Å². The summed E-state index contributed by atoms with van der Waals surface area (Å²) in [7, 11) is 0. The van der Waals surface area contributed by atoms with Crippen LogP contribution in [0.2, 0.25) is 0 Å². The first kappa shape index (κ1) is 10.0. The summed E-state index contributed by atoms with van der Waals surface area (Å²) in [6.07, 6.45) is 6.39. The Kier molecular flexibility index (Phi) is 2.91. The largest absolute Gasteiger partial charge is 0.324 e. The third-order valence-corrected chi connectivity index (χ3v) is 2.82. The molecule has 78 valence electrons. The van der Waals surface area contributed by atoms with Crippen LogP contribution in [0.3, 0.4) is 0 Å². The fourth-order valence-corrected chi connectivity index (χ4v) is 1.89. The number of rotatable bonds is 3. The molecule has 1 heteroatoms. The topological polar surface area (TPSA) is 4.93 Å². The molecule has 0 saturated carbocycles. The number of hydrogen-bond acceptors (Lipinski definition) is 0. The lowest BCUT2D eigenvalue weighted by Gasteiger charge is -2.10. The summed E-state index contributed by atoms with van der Waals surface area (Å²) >= 11 is 0. The molecule has 0 bridgehead atoms. The van der Waals surface area contributed by atoms with Crippen molar-refractivity contribution in [1.29, 1.82) is 0 Å². The lowest BCUT2D eigenvalue weighted by Crippen LogP contribution is -1.97. The molecule has 0 aliphatic rings. The van der Waals surface area contributed by atoms with Gasteiger partial charge in [0.2, 0.25) is 0 Å². The highest BCUT2D eigenvalue weighted by molar-refractivity contribution is 5.44. The van der Waals surface area contributed by atoms with E-state index in [-0.39, 0.29) is 0 Å². The molecular weight excluding hydrogens is 182 g/mol. The van der Waals surface area contributed by atoms with Gasteiger partial charge in [-0.3, -0.25) is 0 Å². The van der Waals surface area contributed by atoms with Gasteiger partial charge in [-0.25, -0.2) is 0 Å². The fraction of sp³-hybridized carbons (Fsp3) is 0.286. The highest BCUT2D eigenvalue weighted by Gasteiger charge is 2.02. The first-order chi connectivity index (χ1) is 7.35. The quantitative estimate of drug-likeness (QED) is 0.711. The van der Waals surface area contributed by atoms with E-state index in [1.165, 1.54) is 16.8 Å². The van der Waals surface area contributed by atoms with Crippen LogP contribution < -0.4 is 0 Å². The molecule has 0 unspecified atom stereocenters. The molecule has 1 heterocycles. The van der Waals surface area contributed by atoms with Gasteiger partial charge < -0.3 is 4.57 Å². The average molecular weight is 199 g/mol. The van der Waals surface area contributed by atoms with Gasteiger partial charge in [0.1, 0.15) is 0 Å². The van der Waals surface area contributed by atoms with Crippen molar-refractivity contribution in [2.24, 2.45) is 0 Å². The van der Waals surface area contributed by atoms with Crippen LogP contribution in [0.25, 0.3) is 5.69 Å². The van der Waals surface area contributed by atoms with Crippen LogP contribution in [-0.2, 0) is 12.8 Å². The molecule has 0 atom stereocenters. The molecule has 0 aliphatic carbocycles. The third kappa shape index (κ3) is 1.96. The maximum Gasteiger partial charge on any atom is 0.0481 e. The van der Waals surface area contributed by atoms with Gasteiger partial charge in [-0.15, -0.1) is 0 Å². The van der Waals surface area contributed by atoms with Gasteiger partial charge in [0, 0.05) is 18.1 Å². The second-order valence-corrected chi connectivity index (χ2v) is 3.76. The van der Waals surface area contributed by atoms with Gasteiger partial charge in [-0.1, -0.05) is 26.0 Å². The summed E-state index contributed by atoms with van der Waals surface area (Å²) in [4.78, 5) is 0. The van der Waals surface area contributed by atoms with Gasteiger partial charge in [-0.2, -0.15) is 0 Å². The van der Waals surface area contributed by atoms with Crippen molar-refractivity contribution in [1.82, 2.24) is 4.57 Å². The smallest absolute Gasteiger partial charge is 0.0481 e. The SMILES string of the molecule is CCc1ccc(-n2cccc2)c(CC)c1. The molecule has 0 aliphatic heterocycles. The zero-order valence-electron chi connectivity index (χ0n) is 9.40. The van der Waals surface area contributed by atoms with Crippen molar-refractivity contribution in [2.45, 2.75) is 26.7 Å². The molecule has 1 aromatic heterocycles. The monoisotopic (exact) mass is 199 g/mol. The zero-order valence-corrected chi connectivity index (χ0v) is 9.40. The van der Waals surface area contributed by atoms with Gasteiger partial charge in [0.05, 0.1) is 0 Å². The summed E-state index contributed by atoms with van der Waals surface area (Å²) in [5, 5.41) is 0. The first-order valence-corrected chi connectivity index (χ1v) is 5.60. The minimum atomic E-state index is 1.08. The lowest BCUT2D eigenvalue weighted by atomic mass is 10.0. The van der Waals surface area contributed by atoms with E-state index in [1.54, 1.807) is 0 Å². The van der Waals surface area contributed by atoms with Crippen molar-refractivity contribution >= 4 is 0 Å². The maximum atomic E-state index is 2.31. The molecule has 2 aromatic rings. The molecule has 1 nitrogen and oxygen atoms in total. The van der Waals surface area contributed by atoms with E-state index in [4.69, 9.17) is 0 Å². The van der Waals surface area contributed by atoms with E-state index in [2.05, 4.69) is 61.1 Å². The van der Waals surface area contributed by atoms with E-state index >= 15 is 0 Å². The molecule has 1 aromatic carbocycles. The number of nitrogens with zero attached hydrogens (tertiary/aromatic N) is 1. The second kappa shape index (κ2) is 4.35. The Balaban J connectivity index is 2.48. The van der Waals surface area contributed by atoms with Gasteiger partial charge >= 0.3 is 0 Å². The molecule has 0 fully saturated rings. The summed E-state index contributed by atoms with van der Waals surface area (Å²) < 4.78 is 2.18. The predicted octanol–water partition coefficient (Wildman–Crippen LogP) is 3.60. The Morgan fingerprint density at radius 2 is 1.73 bits per heavy atom. The molecule has 15 heavy (non-hydrogen) atoms. The van der Waals surface area contributed by atoms with E-state index in [1.807, 2.05) is 0 Å². The van der Waals surface area contributed by atoms with Crippen molar-refractivity contribution in [2.75, 3.05) is 0 Å². The molecule has 0 N–H and O–H groups in total. The summed E-state index contributed by atoms with van der Waals surface area (Å²) in [6, 6.07) is 10.9. The Bertz CT molecular complexity index is 427. The van der Waals surface area contributed by atoms with Gasteiger partial charge in [0.25, 0.3) is 0 Å². The molecule has 0 saturated heterocycles. The van der Waals surface area contributed by atoms with Crippen LogP contribution in [0.15, 0.2) is 42.7 Å². The third-order valence-electron chi connectivity index (χ3n) is 2.82. The van der Waals surface area contributed by atoms with Crippen molar-refractivity contribution in [3.05, 3.63) is 53.9 Å². The Labute approximate surface area is 91.4 Å². The van der Waals surface area contributed by atoms with Gasteiger partial charge in [0.15, 0.2) is 0 Å². The first-order valence-electron chi connectivity index (χ1n) is 5.60. The van der Waals surface area contributed by atoms with Crippen LogP contribution in [-0.4, -0.2) is 4.57 Å². The van der Waals surface area contributed by atoms with E-state index in [0.717, 1.165) is 12.8 Å². The van der Waals surface area contributed by atoms with Crippen molar-refractivity contribution in [3.8, 4) is 5.69 Å². The number of benzene rings is 1. The van der Waals surface area contributed by atoms with E-state index in [0.29, 0.717) is 0 Å². The van der Waals surface area contributed by atoms with E-state index < -0.39 is 0 Å². The molecule has 0 radical (unpaired) electrons. The minimum absolute atomic E-state index is 1.08. The second-order valence-electron chi connectivity index (χ2n) is 3.76. The Morgan fingerprint density at radius 3 is 2.33 bits per heavy atom. The molecule has 0 spiro atoms. The van der Waals surface area contributed by atoms with Crippen LogP contribution in [0.4, 0.5) is 0 Å². The highest BCUT2D eigenvalue weighted by Crippen LogP contribution is 2.17. The zero-order chi connectivity index (χ0) is 10.7. The van der Waals surface area contributed by atoms with E-state index in [9.17, 15) is 0 Å². The summed E-state index contributed by atoms with van der Waals surface area (Å²) in [5.74, 6) is 0. The minimum Gasteiger partial charge on any atom is -0.324 e. The van der Waals surface area contributed by atoms with Crippen LogP contribution in [0, 0.1) is 0 Å². The average Bonchev–Trinajstić information content (AvgIpc) is 2.81. The Hall–Kier alpha value is -1.50. The predicted molar refractivity (Wildman–Crippen MR) is 64.5 cm³/mol. The molecule has 2 rings (SSSR count). The standard InChI is InChI=1S/C14H17N/c1-3-12-7-8-14(13(4-2)11-12)15-9-5-6-10-15/h5-11H,3-4H2,1-2H3. The Morgan fingerprint density at radius 1 is 1.00 bits per heavy atom. The fourth-order valence-electron chi connectivity index (χ4n) is 1.89. The molecule has 0 amide bonds. The lowest BCUT2D eigenvalue weighted by molar-refractivity contribution is 1.00. The normalized spacial score (nSPS) is 10.5. The highest BCUT2D eigenvalue weighted by atomic mass is 14.9. The van der Waals surface area contributed by atoms with Gasteiger partial charge in [-0.05, 0) is 42.2 Å². The molecular formula is C14H17N. The summed E-state index contributed by atoms with van der Waals surface area (Å²) in [5.41, 5.74) is 4.15. The number of aromatic nitrogens is 1. The van der Waals surface area contributed by atoms with Crippen LogP contribution >= 0.6 is 0 Å². The van der Waals surface area contributed by atoms with Crippen molar-refractivity contribution in [3.63, 3.8) is 0 Å². The van der Waals surface area contributed by atoms with Crippen LogP contribution in [0.1, 0.15) is 25.0 Å². The number of aryl methyl sites for hydroxylation is 2. The van der Waals surface area contributed by atoms with Crippen molar-refractivity contribution < 1.29 is 0 Å². The summed E-state index contributed by atoms with van der Waals surface area (Å²) in [6.45, 7) is 4.41. The number of hydrogen-bond donors (Lipinski definition) is 0. The maximum absolute atomic E-state index is 2.31.